The van der Waals surface area contributed by atoms with E-state index in [9.17, 15) is 9.59 Å². The Morgan fingerprint density at radius 3 is 2.41 bits per heavy atom. The van der Waals surface area contributed by atoms with E-state index in [-0.39, 0.29) is 23.9 Å². The predicted molar refractivity (Wildman–Crippen MR) is 117 cm³/mol. The van der Waals surface area contributed by atoms with Crippen molar-refractivity contribution in [3.8, 4) is 5.75 Å². The molecule has 0 atom stereocenters. The van der Waals surface area contributed by atoms with Crippen LogP contribution in [0.15, 0.2) is 54.6 Å². The molecule has 2 aromatic rings. The van der Waals surface area contributed by atoms with Crippen LogP contribution in [-0.2, 0) is 20.7 Å². The van der Waals surface area contributed by atoms with Gasteiger partial charge in [0.25, 0.3) is 0 Å². The summed E-state index contributed by atoms with van der Waals surface area (Å²) in [6, 6.07) is 17.2. The second-order valence-electron chi connectivity index (χ2n) is 6.27. The summed E-state index contributed by atoms with van der Waals surface area (Å²) >= 11 is 5.12. The molecule has 0 heterocycles. The molecule has 154 valence electrons. The summed E-state index contributed by atoms with van der Waals surface area (Å²) < 4.78 is 10.5. The number of anilines is 1. The summed E-state index contributed by atoms with van der Waals surface area (Å²) in [7, 11) is 0. The van der Waals surface area contributed by atoms with Gasteiger partial charge in [0.2, 0.25) is 5.91 Å². The first-order chi connectivity index (χ1) is 14.1. The van der Waals surface area contributed by atoms with Crippen LogP contribution in [0, 0.1) is 0 Å². The minimum absolute atomic E-state index is 0.0165. The first kappa shape index (κ1) is 22.4. The topological polar surface area (TPSA) is 76.7 Å². The number of aryl methyl sites for hydroxylation is 1. The summed E-state index contributed by atoms with van der Waals surface area (Å²) in [6.07, 6.45) is 1.63. The molecule has 6 nitrogen and oxygen atoms in total. The molecule has 0 aliphatic heterocycles. The third kappa shape index (κ3) is 9.21. The zero-order chi connectivity index (χ0) is 20.9. The Bertz CT molecular complexity index is 794. The molecular weight excluding hydrogens is 388 g/mol. The maximum Gasteiger partial charge on any atom is 0.306 e. The Kier molecular flexibility index (Phi) is 9.65. The number of thiocarbonyl (C=S) groups is 1. The van der Waals surface area contributed by atoms with E-state index in [4.69, 9.17) is 21.7 Å². The molecule has 0 bridgehead atoms. The Labute approximate surface area is 176 Å². The number of nitrogens with one attached hydrogen (secondary N) is 2. The van der Waals surface area contributed by atoms with Gasteiger partial charge in [-0.3, -0.25) is 9.59 Å². The summed E-state index contributed by atoms with van der Waals surface area (Å²) in [5.74, 6) is 0.0311. The number of carbonyl (C=O) groups is 2. The highest BCUT2D eigenvalue weighted by Gasteiger charge is 2.10. The molecule has 0 aliphatic carbocycles. The van der Waals surface area contributed by atoms with E-state index in [2.05, 4.69) is 10.6 Å². The van der Waals surface area contributed by atoms with Gasteiger partial charge in [-0.15, -0.1) is 0 Å². The Hall–Kier alpha value is -2.93. The van der Waals surface area contributed by atoms with Crippen molar-refractivity contribution in [2.75, 3.05) is 18.5 Å². The second-order valence-corrected chi connectivity index (χ2v) is 6.68. The van der Waals surface area contributed by atoms with Crippen LogP contribution in [0.3, 0.4) is 0 Å². The fraction of sp³-hybridized carbons (Fsp3) is 0.318. The van der Waals surface area contributed by atoms with Crippen molar-refractivity contribution in [3.05, 3.63) is 60.2 Å². The van der Waals surface area contributed by atoms with Crippen LogP contribution in [-0.4, -0.2) is 30.2 Å². The van der Waals surface area contributed by atoms with Crippen molar-refractivity contribution >= 4 is 34.9 Å². The molecule has 29 heavy (non-hydrogen) atoms. The number of amides is 1. The van der Waals surface area contributed by atoms with Crippen LogP contribution in [0.4, 0.5) is 5.69 Å². The largest absolute Gasteiger partial charge is 0.494 e. The molecule has 0 radical (unpaired) electrons. The first-order valence-electron chi connectivity index (χ1n) is 9.60. The quantitative estimate of drug-likeness (QED) is 0.349. The molecule has 0 saturated carbocycles. The minimum Gasteiger partial charge on any atom is -0.494 e. The Balaban J connectivity index is 1.59. The fourth-order valence-corrected chi connectivity index (χ4v) is 2.78. The van der Waals surface area contributed by atoms with E-state index in [1.165, 1.54) is 5.56 Å². The maximum atomic E-state index is 11.9. The molecule has 0 unspecified atom stereocenters. The molecule has 0 aliphatic rings. The third-order valence-electron chi connectivity index (χ3n) is 3.95. The van der Waals surface area contributed by atoms with Gasteiger partial charge in [0.15, 0.2) is 5.11 Å². The minimum atomic E-state index is -0.390. The van der Waals surface area contributed by atoms with Crippen molar-refractivity contribution < 1.29 is 19.1 Å². The number of benzene rings is 2. The summed E-state index contributed by atoms with van der Waals surface area (Å²) in [6.45, 7) is 2.85. The molecule has 0 saturated heterocycles. The molecule has 0 aromatic heterocycles. The highest BCUT2D eigenvalue weighted by atomic mass is 32.1. The van der Waals surface area contributed by atoms with E-state index in [1.54, 1.807) is 12.1 Å². The van der Waals surface area contributed by atoms with Gasteiger partial charge in [-0.05, 0) is 61.8 Å². The Morgan fingerprint density at radius 2 is 1.72 bits per heavy atom. The highest BCUT2D eigenvalue weighted by molar-refractivity contribution is 7.80. The van der Waals surface area contributed by atoms with E-state index in [0.29, 0.717) is 13.2 Å². The predicted octanol–water partition coefficient (Wildman–Crippen LogP) is 3.85. The smallest absolute Gasteiger partial charge is 0.306 e. The fourth-order valence-electron chi connectivity index (χ4n) is 2.55. The van der Waals surface area contributed by atoms with E-state index >= 15 is 0 Å². The number of rotatable bonds is 10. The van der Waals surface area contributed by atoms with Crippen LogP contribution in [0.2, 0.25) is 0 Å². The highest BCUT2D eigenvalue weighted by Crippen LogP contribution is 2.15. The average molecular weight is 415 g/mol. The van der Waals surface area contributed by atoms with Gasteiger partial charge >= 0.3 is 5.97 Å². The lowest BCUT2D eigenvalue weighted by molar-refractivity contribution is -0.145. The lowest BCUT2D eigenvalue weighted by atomic mass is 10.1. The van der Waals surface area contributed by atoms with Gasteiger partial charge in [-0.25, -0.2) is 0 Å². The molecule has 1 amide bonds. The van der Waals surface area contributed by atoms with Crippen molar-refractivity contribution in [3.63, 3.8) is 0 Å². The normalized spacial score (nSPS) is 10.1. The molecule has 2 N–H and O–H groups in total. The molecule has 0 fully saturated rings. The zero-order valence-electron chi connectivity index (χ0n) is 16.5. The molecule has 0 spiro atoms. The first-order valence-corrected chi connectivity index (χ1v) is 10.0. The van der Waals surface area contributed by atoms with E-state index < -0.39 is 5.97 Å². The number of ether oxygens (including phenoxy) is 2. The molecular formula is C22H26N2O4S. The lowest BCUT2D eigenvalue weighted by Gasteiger charge is -2.10. The second kappa shape index (κ2) is 12.5. The van der Waals surface area contributed by atoms with Crippen LogP contribution >= 0.6 is 12.2 Å². The van der Waals surface area contributed by atoms with Crippen molar-refractivity contribution in [2.45, 2.75) is 32.6 Å². The van der Waals surface area contributed by atoms with Gasteiger partial charge in [0, 0.05) is 12.1 Å². The van der Waals surface area contributed by atoms with Crippen LogP contribution in [0.25, 0.3) is 0 Å². The van der Waals surface area contributed by atoms with Crippen molar-refractivity contribution in [1.29, 1.82) is 0 Å². The maximum absolute atomic E-state index is 11.9. The van der Waals surface area contributed by atoms with Crippen LogP contribution in [0.1, 0.15) is 31.7 Å². The average Bonchev–Trinajstić information content (AvgIpc) is 2.72. The third-order valence-corrected chi connectivity index (χ3v) is 4.15. The van der Waals surface area contributed by atoms with Crippen LogP contribution < -0.4 is 15.4 Å². The molecule has 2 rings (SSSR count). The molecule has 7 heteroatoms. The van der Waals surface area contributed by atoms with Gasteiger partial charge < -0.3 is 20.1 Å². The van der Waals surface area contributed by atoms with Gasteiger partial charge in [0.1, 0.15) is 5.75 Å². The van der Waals surface area contributed by atoms with Gasteiger partial charge in [0.05, 0.1) is 19.6 Å². The number of carbonyl (C=O) groups excluding carboxylic acids is 2. The van der Waals surface area contributed by atoms with Crippen molar-refractivity contribution in [1.82, 2.24) is 5.32 Å². The van der Waals surface area contributed by atoms with E-state index in [0.717, 1.165) is 24.3 Å². The number of hydrogen-bond donors (Lipinski definition) is 2. The standard InChI is InChI=1S/C22H26N2O4S/c1-2-27-19-12-10-18(11-13-19)23-22(29)24-20(25)14-15-21(26)28-16-6-9-17-7-4-3-5-8-17/h3-5,7-8,10-13H,2,6,9,14-16H2,1H3,(H2,23,24,25,29). The monoisotopic (exact) mass is 414 g/mol. The van der Waals surface area contributed by atoms with Gasteiger partial charge in [-0.1, -0.05) is 30.3 Å². The van der Waals surface area contributed by atoms with Crippen LogP contribution in [0.5, 0.6) is 5.75 Å². The number of esters is 1. The van der Waals surface area contributed by atoms with Gasteiger partial charge in [-0.2, -0.15) is 0 Å². The number of hydrogen-bond acceptors (Lipinski definition) is 5. The zero-order valence-corrected chi connectivity index (χ0v) is 17.3. The Morgan fingerprint density at radius 1 is 1.00 bits per heavy atom. The summed E-state index contributed by atoms with van der Waals surface area (Å²) in [4.78, 5) is 23.7. The van der Waals surface area contributed by atoms with E-state index in [1.807, 2.05) is 49.4 Å². The lowest BCUT2D eigenvalue weighted by Crippen LogP contribution is -2.34. The SMILES string of the molecule is CCOc1ccc(NC(=S)NC(=O)CCC(=O)OCCCc2ccccc2)cc1. The molecule has 2 aromatic carbocycles. The summed E-state index contributed by atoms with van der Waals surface area (Å²) in [5.41, 5.74) is 1.94. The van der Waals surface area contributed by atoms with Crippen molar-refractivity contribution in [2.24, 2.45) is 0 Å². The summed E-state index contributed by atoms with van der Waals surface area (Å²) in [5, 5.41) is 5.65.